The van der Waals surface area contributed by atoms with Gasteiger partial charge in [-0.05, 0) is 24.3 Å². The summed E-state index contributed by atoms with van der Waals surface area (Å²) in [6, 6.07) is 8.99. The second-order valence-corrected chi connectivity index (χ2v) is 4.80. The lowest BCUT2D eigenvalue weighted by molar-refractivity contribution is 0.0716. The second kappa shape index (κ2) is 5.45. The van der Waals surface area contributed by atoms with Crippen LogP contribution in [0.25, 0.3) is 0 Å². The van der Waals surface area contributed by atoms with Crippen LogP contribution in [0, 0.1) is 0 Å². The van der Waals surface area contributed by atoms with Crippen molar-refractivity contribution < 1.29 is 9.90 Å². The van der Waals surface area contributed by atoms with Gasteiger partial charge in [0.15, 0.2) is 0 Å². The molecule has 1 fully saturated rings. The van der Waals surface area contributed by atoms with E-state index in [4.69, 9.17) is 0 Å². The third kappa shape index (κ3) is 2.21. The van der Waals surface area contributed by atoms with Gasteiger partial charge in [0, 0.05) is 32.0 Å². The van der Waals surface area contributed by atoms with Gasteiger partial charge in [0.1, 0.15) is 5.54 Å². The van der Waals surface area contributed by atoms with E-state index in [1.165, 1.54) is 4.90 Å². The number of amides is 1. The van der Waals surface area contributed by atoms with Gasteiger partial charge in [-0.3, -0.25) is 9.88 Å². The molecule has 0 radical (unpaired) electrons. The van der Waals surface area contributed by atoms with Crippen LogP contribution in [0.15, 0.2) is 42.7 Å². The number of carbonyl (C=O) groups is 1. The number of pyridine rings is 1. The highest BCUT2D eigenvalue weighted by Crippen LogP contribution is 2.34. The molecular weight excluding hydrogens is 270 g/mol. The van der Waals surface area contributed by atoms with Gasteiger partial charge in [0.05, 0.1) is 11.4 Å². The number of nitrogens with zero attached hydrogens (tertiary/aromatic N) is 4. The molecule has 1 aliphatic rings. The smallest absolute Gasteiger partial charge is 0.408 e. The molecule has 1 aliphatic heterocycles. The van der Waals surface area contributed by atoms with E-state index in [-0.39, 0.29) is 0 Å². The molecule has 1 unspecified atom stereocenters. The quantitative estimate of drug-likeness (QED) is 0.844. The summed E-state index contributed by atoms with van der Waals surface area (Å²) in [5.74, 6) is 0. The van der Waals surface area contributed by atoms with E-state index in [2.05, 4.69) is 20.5 Å². The van der Waals surface area contributed by atoms with E-state index in [1.807, 2.05) is 12.1 Å². The molecule has 21 heavy (non-hydrogen) atoms. The molecule has 1 atom stereocenters. The van der Waals surface area contributed by atoms with Gasteiger partial charge < -0.3 is 10.4 Å². The van der Waals surface area contributed by atoms with Gasteiger partial charge in [0.2, 0.25) is 0 Å². The first-order chi connectivity index (χ1) is 10.2. The van der Waals surface area contributed by atoms with Crippen molar-refractivity contribution in [2.24, 2.45) is 0 Å². The van der Waals surface area contributed by atoms with Crippen LogP contribution in [0.2, 0.25) is 0 Å². The summed E-state index contributed by atoms with van der Waals surface area (Å²) >= 11 is 0. The Kier molecular flexibility index (Phi) is 3.49. The standard InChI is InChI=1S/C14H15N5O2/c20-13(21)19-9-8-15-10-14(19,11-4-1-2-6-16-11)12-5-3-7-17-18-12/h1-7,15H,8-10H2,(H,20,21). The predicted octanol–water partition coefficient (Wildman–Crippen LogP) is 0.698. The average molecular weight is 285 g/mol. The average Bonchev–Trinajstić information content (AvgIpc) is 2.56. The molecule has 7 heteroatoms. The van der Waals surface area contributed by atoms with Crippen molar-refractivity contribution in [3.63, 3.8) is 0 Å². The van der Waals surface area contributed by atoms with Gasteiger partial charge >= 0.3 is 6.09 Å². The van der Waals surface area contributed by atoms with Crippen LogP contribution < -0.4 is 5.32 Å². The van der Waals surface area contributed by atoms with E-state index in [0.29, 0.717) is 31.0 Å². The third-order valence-electron chi connectivity index (χ3n) is 3.67. The Labute approximate surface area is 121 Å². The number of nitrogens with one attached hydrogen (secondary N) is 1. The summed E-state index contributed by atoms with van der Waals surface area (Å²) < 4.78 is 0. The van der Waals surface area contributed by atoms with Gasteiger partial charge in [-0.25, -0.2) is 4.79 Å². The molecule has 3 rings (SSSR count). The summed E-state index contributed by atoms with van der Waals surface area (Å²) in [7, 11) is 0. The molecule has 7 nitrogen and oxygen atoms in total. The predicted molar refractivity (Wildman–Crippen MR) is 74.6 cm³/mol. The summed E-state index contributed by atoms with van der Waals surface area (Å²) in [6.45, 7) is 1.37. The fourth-order valence-electron chi connectivity index (χ4n) is 2.72. The fourth-order valence-corrected chi connectivity index (χ4v) is 2.72. The Hall–Kier alpha value is -2.54. The van der Waals surface area contributed by atoms with Crippen molar-refractivity contribution in [1.29, 1.82) is 0 Å². The molecule has 0 saturated carbocycles. The Balaban J connectivity index is 2.21. The van der Waals surface area contributed by atoms with Crippen molar-refractivity contribution in [3.8, 4) is 0 Å². The maximum atomic E-state index is 11.7. The van der Waals surface area contributed by atoms with Gasteiger partial charge in [-0.15, -0.1) is 0 Å². The number of hydrogen-bond acceptors (Lipinski definition) is 5. The zero-order valence-corrected chi connectivity index (χ0v) is 11.3. The number of aromatic nitrogens is 3. The SMILES string of the molecule is O=C(O)N1CCNCC1(c1ccccn1)c1cccnn1. The van der Waals surface area contributed by atoms with Crippen LogP contribution in [-0.4, -0.2) is 50.9 Å². The zero-order valence-electron chi connectivity index (χ0n) is 11.3. The van der Waals surface area contributed by atoms with Crippen LogP contribution in [0.3, 0.4) is 0 Å². The first-order valence-electron chi connectivity index (χ1n) is 6.66. The number of hydrogen-bond donors (Lipinski definition) is 2. The molecule has 0 bridgehead atoms. The molecule has 108 valence electrons. The molecule has 1 saturated heterocycles. The molecular formula is C14H15N5O2. The summed E-state index contributed by atoms with van der Waals surface area (Å²) in [4.78, 5) is 17.5. The van der Waals surface area contributed by atoms with Gasteiger partial charge in [-0.1, -0.05) is 6.07 Å². The van der Waals surface area contributed by atoms with Crippen LogP contribution in [0.1, 0.15) is 11.4 Å². The van der Waals surface area contributed by atoms with Crippen LogP contribution in [0.5, 0.6) is 0 Å². The molecule has 0 aliphatic carbocycles. The summed E-state index contributed by atoms with van der Waals surface area (Å²) in [5.41, 5.74) is 0.248. The third-order valence-corrected chi connectivity index (χ3v) is 3.67. The van der Waals surface area contributed by atoms with E-state index < -0.39 is 11.6 Å². The lowest BCUT2D eigenvalue weighted by Crippen LogP contribution is -2.61. The van der Waals surface area contributed by atoms with E-state index in [0.717, 1.165) is 0 Å². The summed E-state index contributed by atoms with van der Waals surface area (Å²) in [6.07, 6.45) is 2.23. The fraction of sp³-hybridized carbons (Fsp3) is 0.286. The van der Waals surface area contributed by atoms with Gasteiger partial charge in [-0.2, -0.15) is 10.2 Å². The van der Waals surface area contributed by atoms with E-state index in [1.54, 1.807) is 30.6 Å². The van der Waals surface area contributed by atoms with Crippen molar-refractivity contribution in [3.05, 3.63) is 54.1 Å². The van der Waals surface area contributed by atoms with E-state index in [9.17, 15) is 9.90 Å². The van der Waals surface area contributed by atoms with Gasteiger partial charge in [0.25, 0.3) is 0 Å². The highest BCUT2D eigenvalue weighted by molar-refractivity contribution is 5.68. The summed E-state index contributed by atoms with van der Waals surface area (Å²) in [5, 5.41) is 20.9. The van der Waals surface area contributed by atoms with Crippen LogP contribution >= 0.6 is 0 Å². The first-order valence-corrected chi connectivity index (χ1v) is 6.66. The highest BCUT2D eigenvalue weighted by atomic mass is 16.4. The minimum Gasteiger partial charge on any atom is -0.465 e. The molecule has 0 spiro atoms. The lowest BCUT2D eigenvalue weighted by Gasteiger charge is -2.44. The number of rotatable bonds is 2. The number of piperazine rings is 1. The molecule has 0 aromatic carbocycles. The zero-order chi connectivity index (χ0) is 14.7. The normalized spacial score (nSPS) is 22.0. The highest BCUT2D eigenvalue weighted by Gasteiger charge is 2.47. The Morgan fingerprint density at radius 3 is 2.76 bits per heavy atom. The molecule has 2 aromatic rings. The molecule has 2 aromatic heterocycles. The van der Waals surface area contributed by atoms with Crippen LogP contribution in [-0.2, 0) is 5.54 Å². The number of carboxylic acid groups (broad SMARTS) is 1. The van der Waals surface area contributed by atoms with Crippen molar-refractivity contribution >= 4 is 6.09 Å². The van der Waals surface area contributed by atoms with E-state index >= 15 is 0 Å². The minimum absolute atomic E-state index is 0.364. The Bertz CT molecular complexity index is 580. The molecule has 3 heterocycles. The maximum absolute atomic E-state index is 11.7. The lowest BCUT2D eigenvalue weighted by atomic mass is 9.86. The topological polar surface area (TPSA) is 91.2 Å². The minimum atomic E-state index is -0.993. The monoisotopic (exact) mass is 285 g/mol. The van der Waals surface area contributed by atoms with Crippen molar-refractivity contribution in [2.75, 3.05) is 19.6 Å². The maximum Gasteiger partial charge on any atom is 0.408 e. The Morgan fingerprint density at radius 1 is 1.24 bits per heavy atom. The molecule has 2 N–H and O–H groups in total. The van der Waals surface area contributed by atoms with Crippen molar-refractivity contribution in [1.82, 2.24) is 25.4 Å². The second-order valence-electron chi connectivity index (χ2n) is 4.80. The molecule has 1 amide bonds. The van der Waals surface area contributed by atoms with Crippen LogP contribution in [0.4, 0.5) is 4.79 Å². The Morgan fingerprint density at radius 2 is 2.10 bits per heavy atom. The van der Waals surface area contributed by atoms with Crippen molar-refractivity contribution in [2.45, 2.75) is 5.54 Å². The first kappa shape index (κ1) is 13.4. The largest absolute Gasteiger partial charge is 0.465 e.